The lowest BCUT2D eigenvalue weighted by molar-refractivity contribution is 0.685. The van der Waals surface area contributed by atoms with Gasteiger partial charge in [0.2, 0.25) is 0 Å². The predicted octanol–water partition coefficient (Wildman–Crippen LogP) is 3.37. The monoisotopic (exact) mass is 273 g/mol. The molecular weight excluding hydrogens is 250 g/mol. The molecule has 0 saturated heterocycles. The Labute approximate surface area is 120 Å². The fraction of sp³-hybridized carbons (Fsp3) is 0.533. The van der Waals surface area contributed by atoms with Gasteiger partial charge in [0.25, 0.3) is 0 Å². The first-order chi connectivity index (χ1) is 9.67. The van der Waals surface area contributed by atoms with Crippen LogP contribution >= 0.6 is 0 Å². The summed E-state index contributed by atoms with van der Waals surface area (Å²) < 4.78 is 2.22. The Kier molecular flexibility index (Phi) is 4.71. The molecule has 0 unspecified atom stereocenters. The quantitative estimate of drug-likeness (QED) is 0.599. The number of hydrogen-bond donors (Lipinski definition) is 0. The number of fused-ring (bicyclic) bond motifs is 1. The normalized spacial score (nSPS) is 11.6. The minimum absolute atomic E-state index is 0.802. The van der Waals surface area contributed by atoms with Crippen LogP contribution in [0.3, 0.4) is 0 Å². The molecule has 0 N–H and O–H groups in total. The SMILES string of the molecule is CCC/C=N\N(C)c1cc2cnc(C)nc2n1CCC. The number of rotatable bonds is 6. The number of unbranched alkanes of at least 4 members (excludes halogenated alkanes) is 1. The van der Waals surface area contributed by atoms with Crippen LogP contribution in [0.25, 0.3) is 11.0 Å². The van der Waals surface area contributed by atoms with Crippen LogP contribution < -0.4 is 5.01 Å². The molecular formula is C15H23N5. The minimum Gasteiger partial charge on any atom is -0.311 e. The van der Waals surface area contributed by atoms with E-state index in [0.29, 0.717) is 0 Å². The summed E-state index contributed by atoms with van der Waals surface area (Å²) in [5, 5.41) is 7.47. The molecule has 20 heavy (non-hydrogen) atoms. The highest BCUT2D eigenvalue weighted by Crippen LogP contribution is 2.25. The summed E-state index contributed by atoms with van der Waals surface area (Å²) in [4.78, 5) is 8.84. The van der Waals surface area contributed by atoms with Gasteiger partial charge in [-0.3, -0.25) is 5.01 Å². The molecule has 0 saturated carbocycles. The molecule has 2 aromatic rings. The zero-order valence-electron chi connectivity index (χ0n) is 12.8. The van der Waals surface area contributed by atoms with Crippen molar-refractivity contribution in [2.45, 2.75) is 46.6 Å². The van der Waals surface area contributed by atoms with E-state index in [1.165, 1.54) is 0 Å². The van der Waals surface area contributed by atoms with Crippen LogP contribution in [-0.4, -0.2) is 27.8 Å². The molecule has 0 spiro atoms. The van der Waals surface area contributed by atoms with Gasteiger partial charge in [-0.05, 0) is 25.8 Å². The van der Waals surface area contributed by atoms with Crippen molar-refractivity contribution in [2.75, 3.05) is 12.1 Å². The first-order valence-corrected chi connectivity index (χ1v) is 7.26. The number of anilines is 1. The third-order valence-electron chi connectivity index (χ3n) is 3.18. The highest BCUT2D eigenvalue weighted by molar-refractivity contribution is 5.81. The molecule has 0 atom stereocenters. The summed E-state index contributed by atoms with van der Waals surface area (Å²) in [6.45, 7) is 7.18. The Morgan fingerprint density at radius 2 is 2.15 bits per heavy atom. The van der Waals surface area contributed by atoms with E-state index in [-0.39, 0.29) is 0 Å². The number of nitrogens with zero attached hydrogens (tertiary/aromatic N) is 5. The van der Waals surface area contributed by atoms with E-state index >= 15 is 0 Å². The fourth-order valence-corrected chi connectivity index (χ4v) is 2.19. The average molecular weight is 273 g/mol. The molecule has 0 aliphatic heterocycles. The molecule has 0 aliphatic rings. The second-order valence-corrected chi connectivity index (χ2v) is 4.96. The smallest absolute Gasteiger partial charge is 0.145 e. The Morgan fingerprint density at radius 1 is 1.35 bits per heavy atom. The molecule has 5 nitrogen and oxygen atoms in total. The van der Waals surface area contributed by atoms with Crippen molar-refractivity contribution >= 4 is 23.1 Å². The lowest BCUT2D eigenvalue weighted by Gasteiger charge is -2.16. The summed E-state index contributed by atoms with van der Waals surface area (Å²) in [7, 11) is 1.98. The number of hydrazone groups is 1. The van der Waals surface area contributed by atoms with E-state index in [4.69, 9.17) is 0 Å². The van der Waals surface area contributed by atoms with Crippen LogP contribution in [0.5, 0.6) is 0 Å². The molecule has 0 aromatic carbocycles. The number of aromatic nitrogens is 3. The van der Waals surface area contributed by atoms with E-state index < -0.39 is 0 Å². The van der Waals surface area contributed by atoms with Crippen LogP contribution in [0.15, 0.2) is 17.4 Å². The highest BCUT2D eigenvalue weighted by atomic mass is 15.5. The summed E-state index contributed by atoms with van der Waals surface area (Å²) in [5.41, 5.74) is 0.992. The van der Waals surface area contributed by atoms with Crippen molar-refractivity contribution in [1.82, 2.24) is 14.5 Å². The van der Waals surface area contributed by atoms with E-state index in [0.717, 1.165) is 48.5 Å². The molecule has 0 amide bonds. The van der Waals surface area contributed by atoms with E-state index in [1.54, 1.807) is 0 Å². The largest absolute Gasteiger partial charge is 0.311 e. The summed E-state index contributed by atoms with van der Waals surface area (Å²) in [6, 6.07) is 2.10. The van der Waals surface area contributed by atoms with Gasteiger partial charge in [-0.2, -0.15) is 5.10 Å². The van der Waals surface area contributed by atoms with Crippen LogP contribution in [0.1, 0.15) is 38.9 Å². The van der Waals surface area contributed by atoms with Crippen molar-refractivity contribution < 1.29 is 0 Å². The molecule has 5 heteroatoms. The summed E-state index contributed by atoms with van der Waals surface area (Å²) in [5.74, 6) is 1.87. The fourth-order valence-electron chi connectivity index (χ4n) is 2.19. The van der Waals surface area contributed by atoms with Gasteiger partial charge in [0.15, 0.2) is 0 Å². The molecule has 2 rings (SSSR count). The van der Waals surface area contributed by atoms with Gasteiger partial charge >= 0.3 is 0 Å². The second kappa shape index (κ2) is 6.50. The Balaban J connectivity index is 2.43. The Bertz CT molecular complexity index is 600. The molecule has 0 radical (unpaired) electrons. The molecule has 0 bridgehead atoms. The number of hydrogen-bond acceptors (Lipinski definition) is 4. The van der Waals surface area contributed by atoms with Crippen LogP contribution in [-0.2, 0) is 6.54 Å². The second-order valence-electron chi connectivity index (χ2n) is 4.96. The van der Waals surface area contributed by atoms with E-state index in [1.807, 2.05) is 31.4 Å². The van der Waals surface area contributed by atoms with Gasteiger partial charge in [-0.1, -0.05) is 20.3 Å². The highest BCUT2D eigenvalue weighted by Gasteiger charge is 2.13. The topological polar surface area (TPSA) is 46.3 Å². The van der Waals surface area contributed by atoms with Gasteiger partial charge in [0.05, 0.1) is 0 Å². The van der Waals surface area contributed by atoms with E-state index in [2.05, 4.69) is 39.6 Å². The number of aryl methyl sites for hydroxylation is 2. The predicted molar refractivity (Wildman–Crippen MR) is 84.4 cm³/mol. The van der Waals surface area contributed by atoms with Crippen LogP contribution in [0.4, 0.5) is 5.82 Å². The lowest BCUT2D eigenvalue weighted by atomic mass is 10.4. The maximum Gasteiger partial charge on any atom is 0.145 e. The van der Waals surface area contributed by atoms with E-state index in [9.17, 15) is 0 Å². The van der Waals surface area contributed by atoms with Crippen LogP contribution in [0.2, 0.25) is 0 Å². The standard InChI is InChI=1S/C15H23N5/c1-5-7-8-17-19(4)14-10-13-11-16-12(3)18-15(13)20(14)9-6-2/h8,10-11H,5-7,9H2,1-4H3/b17-8-. The van der Waals surface area contributed by atoms with Crippen molar-refractivity contribution in [2.24, 2.45) is 5.10 Å². The summed E-state index contributed by atoms with van der Waals surface area (Å²) >= 11 is 0. The molecule has 108 valence electrons. The van der Waals surface area contributed by atoms with Gasteiger partial charge in [-0.15, -0.1) is 0 Å². The molecule has 0 fully saturated rings. The van der Waals surface area contributed by atoms with Gasteiger partial charge in [-0.25, -0.2) is 9.97 Å². The Hall–Kier alpha value is -1.91. The zero-order valence-corrected chi connectivity index (χ0v) is 12.8. The zero-order chi connectivity index (χ0) is 14.5. The van der Waals surface area contributed by atoms with Crippen molar-refractivity contribution in [3.05, 3.63) is 18.1 Å². The third-order valence-corrected chi connectivity index (χ3v) is 3.18. The van der Waals surface area contributed by atoms with Gasteiger partial charge in [0, 0.05) is 31.4 Å². The minimum atomic E-state index is 0.802. The van der Waals surface area contributed by atoms with Gasteiger partial charge in [0.1, 0.15) is 17.3 Å². The summed E-state index contributed by atoms with van der Waals surface area (Å²) in [6.07, 6.45) is 7.02. The van der Waals surface area contributed by atoms with Crippen molar-refractivity contribution in [3.8, 4) is 0 Å². The molecule has 2 aromatic heterocycles. The molecule has 2 heterocycles. The lowest BCUT2D eigenvalue weighted by Crippen LogP contribution is -2.14. The van der Waals surface area contributed by atoms with Crippen LogP contribution in [0, 0.1) is 6.92 Å². The van der Waals surface area contributed by atoms with Gasteiger partial charge < -0.3 is 4.57 Å². The first-order valence-electron chi connectivity index (χ1n) is 7.26. The molecule has 0 aliphatic carbocycles. The van der Waals surface area contributed by atoms with Crippen molar-refractivity contribution in [3.63, 3.8) is 0 Å². The van der Waals surface area contributed by atoms with Crippen molar-refractivity contribution in [1.29, 1.82) is 0 Å². The maximum absolute atomic E-state index is 4.57. The average Bonchev–Trinajstić information content (AvgIpc) is 2.78. The third kappa shape index (κ3) is 2.98. The maximum atomic E-state index is 4.57. The first kappa shape index (κ1) is 14.5. The Morgan fingerprint density at radius 3 is 2.85 bits per heavy atom.